The van der Waals surface area contributed by atoms with Gasteiger partial charge in [0.1, 0.15) is 5.75 Å². The molecule has 1 aromatic rings. The molecule has 118 valence electrons. The van der Waals surface area contributed by atoms with E-state index in [-0.39, 0.29) is 0 Å². The highest BCUT2D eigenvalue weighted by Gasteiger charge is 2.20. The second-order valence-electron chi connectivity index (χ2n) is 5.64. The van der Waals surface area contributed by atoms with Crippen molar-refractivity contribution >= 4 is 11.6 Å². The molecular weight excluding hydrogens is 286 g/mol. The number of nitrogens with one attached hydrogen (secondary N) is 1. The maximum absolute atomic E-state index is 6.13. The van der Waals surface area contributed by atoms with Crippen LogP contribution in [0.4, 0.5) is 0 Å². The first kappa shape index (κ1) is 16.6. The summed E-state index contributed by atoms with van der Waals surface area (Å²) in [6.07, 6.45) is 6.00. The summed E-state index contributed by atoms with van der Waals surface area (Å²) in [6, 6.07) is 6.21. The van der Waals surface area contributed by atoms with Crippen LogP contribution in [-0.4, -0.2) is 32.4 Å². The van der Waals surface area contributed by atoms with E-state index in [1.54, 1.807) is 7.11 Å². The van der Waals surface area contributed by atoms with Crippen LogP contribution in [0, 0.1) is 0 Å². The molecule has 3 nitrogen and oxygen atoms in total. The third-order valence-corrected chi connectivity index (χ3v) is 4.26. The van der Waals surface area contributed by atoms with E-state index in [2.05, 4.69) is 12.2 Å². The normalized spacial score (nSPS) is 20.2. The summed E-state index contributed by atoms with van der Waals surface area (Å²) in [5, 5.41) is 4.33. The van der Waals surface area contributed by atoms with Crippen molar-refractivity contribution in [2.24, 2.45) is 0 Å². The van der Waals surface area contributed by atoms with Crippen LogP contribution < -0.4 is 10.1 Å². The SMILES string of the molecule is CCNC(Cc1cc(Cl)ccc1OC)CC1CCCCO1. The number of likely N-dealkylation sites (N-methyl/N-ethyl adjacent to an activating group) is 1. The maximum Gasteiger partial charge on any atom is 0.122 e. The second kappa shape index (κ2) is 8.62. The van der Waals surface area contributed by atoms with Crippen LogP contribution in [0.1, 0.15) is 38.2 Å². The summed E-state index contributed by atoms with van der Waals surface area (Å²) in [6.45, 7) is 4.01. The van der Waals surface area contributed by atoms with Crippen molar-refractivity contribution in [3.05, 3.63) is 28.8 Å². The molecule has 1 heterocycles. The molecule has 2 rings (SSSR count). The van der Waals surface area contributed by atoms with Crippen molar-refractivity contribution in [3.8, 4) is 5.75 Å². The molecule has 0 radical (unpaired) electrons. The number of halogens is 1. The molecule has 0 aliphatic carbocycles. The van der Waals surface area contributed by atoms with Crippen LogP contribution in [0.3, 0.4) is 0 Å². The number of benzene rings is 1. The molecule has 21 heavy (non-hydrogen) atoms. The largest absolute Gasteiger partial charge is 0.496 e. The Bertz CT molecular complexity index is 433. The molecule has 0 aromatic heterocycles. The first-order valence-electron chi connectivity index (χ1n) is 7.90. The summed E-state index contributed by atoms with van der Waals surface area (Å²) in [7, 11) is 1.71. The zero-order valence-corrected chi connectivity index (χ0v) is 13.8. The lowest BCUT2D eigenvalue weighted by atomic mass is 9.96. The maximum atomic E-state index is 6.13. The minimum absolute atomic E-state index is 0.382. The molecule has 4 heteroatoms. The van der Waals surface area contributed by atoms with Crippen LogP contribution in [0.15, 0.2) is 18.2 Å². The highest BCUT2D eigenvalue weighted by atomic mass is 35.5. The van der Waals surface area contributed by atoms with E-state index in [9.17, 15) is 0 Å². The molecule has 2 atom stereocenters. The number of ether oxygens (including phenoxy) is 2. The van der Waals surface area contributed by atoms with E-state index < -0.39 is 0 Å². The fraction of sp³-hybridized carbons (Fsp3) is 0.647. The van der Waals surface area contributed by atoms with Gasteiger partial charge in [0.05, 0.1) is 13.2 Å². The van der Waals surface area contributed by atoms with E-state index >= 15 is 0 Å². The Morgan fingerprint density at radius 1 is 1.43 bits per heavy atom. The molecule has 1 fully saturated rings. The predicted molar refractivity (Wildman–Crippen MR) is 87.4 cm³/mol. The summed E-state index contributed by atoms with van der Waals surface area (Å²) in [5.74, 6) is 0.909. The van der Waals surface area contributed by atoms with E-state index in [0.29, 0.717) is 12.1 Å². The minimum atomic E-state index is 0.382. The zero-order chi connectivity index (χ0) is 15.1. The minimum Gasteiger partial charge on any atom is -0.496 e. The van der Waals surface area contributed by atoms with Gasteiger partial charge in [-0.3, -0.25) is 0 Å². The number of rotatable bonds is 7. The third-order valence-electron chi connectivity index (χ3n) is 4.02. The highest BCUT2D eigenvalue weighted by Crippen LogP contribution is 2.26. The lowest BCUT2D eigenvalue weighted by molar-refractivity contribution is 0.00532. The van der Waals surface area contributed by atoms with Crippen molar-refractivity contribution < 1.29 is 9.47 Å². The van der Waals surface area contributed by atoms with Crippen LogP contribution in [0.25, 0.3) is 0 Å². The smallest absolute Gasteiger partial charge is 0.122 e. The Balaban J connectivity index is 2.02. The zero-order valence-electron chi connectivity index (χ0n) is 13.0. The van der Waals surface area contributed by atoms with E-state index in [1.807, 2.05) is 18.2 Å². The Morgan fingerprint density at radius 2 is 2.29 bits per heavy atom. The predicted octanol–water partition coefficient (Wildman–Crippen LogP) is 3.83. The first-order chi connectivity index (χ1) is 10.2. The van der Waals surface area contributed by atoms with Gasteiger partial charge in [-0.25, -0.2) is 0 Å². The second-order valence-corrected chi connectivity index (χ2v) is 6.08. The van der Waals surface area contributed by atoms with Gasteiger partial charge >= 0.3 is 0 Å². The Kier molecular flexibility index (Phi) is 6.81. The van der Waals surface area contributed by atoms with Gasteiger partial charge in [-0.05, 0) is 62.4 Å². The number of methoxy groups -OCH3 is 1. The standard InChI is InChI=1S/C17H26ClNO2/c1-3-19-15(12-16-6-4-5-9-21-16)11-13-10-14(18)7-8-17(13)20-2/h7-8,10,15-16,19H,3-6,9,11-12H2,1-2H3. The van der Waals surface area contributed by atoms with E-state index in [4.69, 9.17) is 21.1 Å². The van der Waals surface area contributed by atoms with Crippen molar-refractivity contribution in [1.29, 1.82) is 0 Å². The lowest BCUT2D eigenvalue weighted by Gasteiger charge is -2.28. The molecule has 1 N–H and O–H groups in total. The molecule has 0 amide bonds. The van der Waals surface area contributed by atoms with Crippen molar-refractivity contribution in [1.82, 2.24) is 5.32 Å². The Labute approximate surface area is 133 Å². The summed E-state index contributed by atoms with van der Waals surface area (Å²) in [5.41, 5.74) is 1.16. The molecular formula is C17H26ClNO2. The van der Waals surface area contributed by atoms with Gasteiger partial charge < -0.3 is 14.8 Å². The van der Waals surface area contributed by atoms with Gasteiger partial charge in [-0.2, -0.15) is 0 Å². The fourth-order valence-electron chi connectivity index (χ4n) is 3.01. The van der Waals surface area contributed by atoms with Gasteiger partial charge in [0, 0.05) is 17.7 Å². The van der Waals surface area contributed by atoms with Gasteiger partial charge in [0.15, 0.2) is 0 Å². The van der Waals surface area contributed by atoms with Crippen LogP contribution in [0.5, 0.6) is 5.75 Å². The molecule has 1 aliphatic heterocycles. The highest BCUT2D eigenvalue weighted by molar-refractivity contribution is 6.30. The Hall–Kier alpha value is -0.770. The average Bonchev–Trinajstić information content (AvgIpc) is 2.49. The van der Waals surface area contributed by atoms with Gasteiger partial charge in [0.2, 0.25) is 0 Å². The molecule has 1 aromatic carbocycles. The van der Waals surface area contributed by atoms with E-state index in [1.165, 1.54) is 19.3 Å². The Morgan fingerprint density at radius 3 is 2.95 bits per heavy atom. The van der Waals surface area contributed by atoms with Gasteiger partial charge in [-0.15, -0.1) is 0 Å². The monoisotopic (exact) mass is 311 g/mol. The third kappa shape index (κ3) is 5.17. The number of hydrogen-bond donors (Lipinski definition) is 1. The molecule has 1 saturated heterocycles. The summed E-state index contributed by atoms with van der Waals surface area (Å²) in [4.78, 5) is 0. The fourth-order valence-corrected chi connectivity index (χ4v) is 3.20. The van der Waals surface area contributed by atoms with Gasteiger partial charge in [0.25, 0.3) is 0 Å². The molecule has 0 spiro atoms. The van der Waals surface area contributed by atoms with Crippen molar-refractivity contribution in [2.75, 3.05) is 20.3 Å². The van der Waals surface area contributed by atoms with Crippen LogP contribution in [0.2, 0.25) is 5.02 Å². The molecule has 2 unspecified atom stereocenters. The number of hydrogen-bond acceptors (Lipinski definition) is 3. The topological polar surface area (TPSA) is 30.5 Å². The first-order valence-corrected chi connectivity index (χ1v) is 8.28. The lowest BCUT2D eigenvalue weighted by Crippen LogP contribution is -2.36. The summed E-state index contributed by atoms with van der Waals surface area (Å²) >= 11 is 6.13. The quantitative estimate of drug-likeness (QED) is 0.830. The van der Waals surface area contributed by atoms with Gasteiger partial charge in [-0.1, -0.05) is 18.5 Å². The van der Waals surface area contributed by atoms with Crippen molar-refractivity contribution in [3.63, 3.8) is 0 Å². The van der Waals surface area contributed by atoms with Crippen LogP contribution in [-0.2, 0) is 11.2 Å². The van der Waals surface area contributed by atoms with Crippen LogP contribution >= 0.6 is 11.6 Å². The average molecular weight is 312 g/mol. The molecule has 0 bridgehead atoms. The van der Waals surface area contributed by atoms with E-state index in [0.717, 1.165) is 42.3 Å². The molecule has 0 saturated carbocycles. The molecule has 1 aliphatic rings. The summed E-state index contributed by atoms with van der Waals surface area (Å²) < 4.78 is 11.3. The van der Waals surface area contributed by atoms with Crippen molar-refractivity contribution in [2.45, 2.75) is 51.2 Å².